The van der Waals surface area contributed by atoms with Crippen LogP contribution in [0.15, 0.2) is 29.4 Å². The van der Waals surface area contributed by atoms with Crippen LogP contribution < -0.4 is 10.2 Å². The lowest BCUT2D eigenvalue weighted by molar-refractivity contribution is 0.0954. The smallest absolute Gasteiger partial charge is 0.271 e. The summed E-state index contributed by atoms with van der Waals surface area (Å²) in [5.41, 5.74) is 4.37. The highest BCUT2D eigenvalue weighted by atomic mass is 16.5. The highest BCUT2D eigenvalue weighted by molar-refractivity contribution is 5.95. The van der Waals surface area contributed by atoms with Crippen molar-refractivity contribution >= 4 is 11.6 Å². The molecule has 1 saturated carbocycles. The van der Waals surface area contributed by atoms with Crippen molar-refractivity contribution in [1.29, 1.82) is 0 Å². The van der Waals surface area contributed by atoms with Crippen molar-refractivity contribution in [3.05, 3.63) is 29.8 Å². The van der Waals surface area contributed by atoms with Crippen LogP contribution in [-0.4, -0.2) is 18.2 Å². The molecule has 0 spiro atoms. The number of ether oxygens (including phenoxy) is 1. The number of carbonyl (C=O) groups excluding carboxylic acids is 1. The third kappa shape index (κ3) is 4.37. The fourth-order valence-corrected chi connectivity index (χ4v) is 2.31. The van der Waals surface area contributed by atoms with Gasteiger partial charge in [-0.15, -0.1) is 0 Å². The highest BCUT2D eigenvalue weighted by Crippen LogP contribution is 2.15. The largest absolute Gasteiger partial charge is 0.494 e. The predicted molar refractivity (Wildman–Crippen MR) is 80.2 cm³/mol. The van der Waals surface area contributed by atoms with Gasteiger partial charge in [-0.25, -0.2) is 5.43 Å². The highest BCUT2D eigenvalue weighted by Gasteiger charge is 2.08. The molecule has 0 radical (unpaired) electrons. The molecule has 4 heteroatoms. The molecule has 0 bridgehead atoms. The second-order valence-electron chi connectivity index (χ2n) is 4.99. The van der Waals surface area contributed by atoms with E-state index in [-0.39, 0.29) is 5.91 Å². The van der Waals surface area contributed by atoms with Crippen LogP contribution in [0, 0.1) is 0 Å². The first-order valence-corrected chi connectivity index (χ1v) is 7.38. The summed E-state index contributed by atoms with van der Waals surface area (Å²) in [6.07, 6.45) is 6.90. The Morgan fingerprint density at radius 3 is 2.40 bits per heavy atom. The van der Waals surface area contributed by atoms with Crippen LogP contribution in [0.25, 0.3) is 0 Å². The molecule has 1 fully saturated rings. The van der Waals surface area contributed by atoms with E-state index in [1.165, 1.54) is 25.7 Å². The molecule has 1 aliphatic carbocycles. The summed E-state index contributed by atoms with van der Waals surface area (Å²) >= 11 is 0. The summed E-state index contributed by atoms with van der Waals surface area (Å²) in [6.45, 7) is 2.56. The molecule has 1 aromatic rings. The van der Waals surface area contributed by atoms with E-state index in [0.717, 1.165) is 24.3 Å². The van der Waals surface area contributed by atoms with Gasteiger partial charge in [-0.3, -0.25) is 4.79 Å². The third-order valence-corrected chi connectivity index (χ3v) is 3.42. The van der Waals surface area contributed by atoms with E-state index in [1.807, 2.05) is 6.92 Å². The Morgan fingerprint density at radius 1 is 1.15 bits per heavy atom. The number of benzene rings is 1. The predicted octanol–water partition coefficient (Wildman–Crippen LogP) is 3.53. The molecule has 0 heterocycles. The molecule has 108 valence electrons. The van der Waals surface area contributed by atoms with Crippen LogP contribution in [0.2, 0.25) is 0 Å². The second kappa shape index (κ2) is 7.68. The summed E-state index contributed by atoms with van der Waals surface area (Å²) in [6, 6.07) is 7.12. The molecular weight excluding hydrogens is 252 g/mol. The number of hydrazone groups is 1. The van der Waals surface area contributed by atoms with Crippen LogP contribution in [0.1, 0.15) is 55.8 Å². The monoisotopic (exact) mass is 274 g/mol. The van der Waals surface area contributed by atoms with Crippen LogP contribution >= 0.6 is 0 Å². The lowest BCUT2D eigenvalue weighted by atomic mass is 10.2. The minimum Gasteiger partial charge on any atom is -0.494 e. The average Bonchev–Trinajstić information content (AvgIpc) is 2.74. The Bertz CT molecular complexity index is 456. The average molecular weight is 274 g/mol. The summed E-state index contributed by atoms with van der Waals surface area (Å²) in [5.74, 6) is 0.615. The van der Waals surface area contributed by atoms with Gasteiger partial charge in [0.15, 0.2) is 0 Å². The molecule has 1 aliphatic rings. The van der Waals surface area contributed by atoms with E-state index in [4.69, 9.17) is 4.74 Å². The number of hydrogen-bond donors (Lipinski definition) is 1. The van der Waals surface area contributed by atoms with Gasteiger partial charge in [-0.2, -0.15) is 5.10 Å². The Morgan fingerprint density at radius 2 is 1.80 bits per heavy atom. The summed E-state index contributed by atoms with van der Waals surface area (Å²) in [4.78, 5) is 12.0. The first kappa shape index (κ1) is 14.6. The zero-order valence-electron chi connectivity index (χ0n) is 12.0. The van der Waals surface area contributed by atoms with Crippen LogP contribution in [0.4, 0.5) is 0 Å². The van der Waals surface area contributed by atoms with Gasteiger partial charge in [0.2, 0.25) is 0 Å². The number of nitrogens with one attached hydrogen (secondary N) is 1. The van der Waals surface area contributed by atoms with Gasteiger partial charge in [-0.05, 0) is 56.9 Å². The van der Waals surface area contributed by atoms with Gasteiger partial charge in [0, 0.05) is 11.3 Å². The van der Waals surface area contributed by atoms with E-state index in [2.05, 4.69) is 10.5 Å². The normalized spacial score (nSPS) is 15.3. The number of hydrogen-bond acceptors (Lipinski definition) is 3. The van der Waals surface area contributed by atoms with Crippen molar-refractivity contribution in [3.63, 3.8) is 0 Å². The molecule has 0 aromatic heterocycles. The Labute approximate surface area is 120 Å². The van der Waals surface area contributed by atoms with Crippen LogP contribution in [-0.2, 0) is 0 Å². The van der Waals surface area contributed by atoms with Crippen molar-refractivity contribution < 1.29 is 9.53 Å². The Hall–Kier alpha value is -1.84. The van der Waals surface area contributed by atoms with Gasteiger partial charge in [0.25, 0.3) is 5.91 Å². The molecule has 4 nitrogen and oxygen atoms in total. The van der Waals surface area contributed by atoms with Gasteiger partial charge >= 0.3 is 0 Å². The maximum atomic E-state index is 12.0. The molecule has 20 heavy (non-hydrogen) atoms. The standard InChI is InChI=1S/C16H22N2O2/c1-2-20-15-11-9-13(10-12-15)16(19)18-17-14-7-5-3-4-6-8-14/h9-12H,2-8H2,1H3,(H,18,19). The van der Waals surface area contributed by atoms with E-state index < -0.39 is 0 Å². The number of amides is 1. The zero-order valence-corrected chi connectivity index (χ0v) is 12.0. The molecular formula is C16H22N2O2. The first-order valence-electron chi connectivity index (χ1n) is 7.38. The number of carbonyl (C=O) groups is 1. The second-order valence-corrected chi connectivity index (χ2v) is 4.99. The first-order chi connectivity index (χ1) is 9.79. The third-order valence-electron chi connectivity index (χ3n) is 3.42. The lowest BCUT2D eigenvalue weighted by Crippen LogP contribution is -2.19. The molecule has 0 saturated heterocycles. The van der Waals surface area contributed by atoms with Gasteiger partial charge in [0.1, 0.15) is 5.75 Å². The summed E-state index contributed by atoms with van der Waals surface area (Å²) in [5, 5.41) is 4.26. The minimum absolute atomic E-state index is 0.162. The van der Waals surface area contributed by atoms with Crippen LogP contribution in [0.3, 0.4) is 0 Å². The molecule has 0 unspecified atom stereocenters. The molecule has 1 amide bonds. The number of rotatable bonds is 4. The van der Waals surface area contributed by atoms with Crippen molar-refractivity contribution in [2.45, 2.75) is 45.4 Å². The molecule has 1 N–H and O–H groups in total. The van der Waals surface area contributed by atoms with Gasteiger partial charge in [-0.1, -0.05) is 12.8 Å². The SMILES string of the molecule is CCOc1ccc(C(=O)NN=C2CCCCCC2)cc1. The van der Waals surface area contributed by atoms with E-state index in [1.54, 1.807) is 24.3 Å². The molecule has 0 atom stereocenters. The molecule has 0 aliphatic heterocycles. The van der Waals surface area contributed by atoms with Crippen molar-refractivity contribution in [3.8, 4) is 5.75 Å². The molecule has 2 rings (SSSR count). The maximum absolute atomic E-state index is 12.0. The van der Waals surface area contributed by atoms with Crippen molar-refractivity contribution in [2.24, 2.45) is 5.10 Å². The van der Waals surface area contributed by atoms with E-state index in [0.29, 0.717) is 12.2 Å². The fraction of sp³-hybridized carbons (Fsp3) is 0.500. The van der Waals surface area contributed by atoms with Gasteiger partial charge in [0.05, 0.1) is 6.61 Å². The van der Waals surface area contributed by atoms with Gasteiger partial charge < -0.3 is 4.74 Å². The summed E-state index contributed by atoms with van der Waals surface area (Å²) in [7, 11) is 0. The van der Waals surface area contributed by atoms with E-state index >= 15 is 0 Å². The Kier molecular flexibility index (Phi) is 5.59. The lowest BCUT2D eigenvalue weighted by Gasteiger charge is -2.05. The zero-order chi connectivity index (χ0) is 14.2. The number of nitrogens with zero attached hydrogens (tertiary/aromatic N) is 1. The minimum atomic E-state index is -0.162. The fourth-order valence-electron chi connectivity index (χ4n) is 2.31. The topological polar surface area (TPSA) is 50.7 Å². The van der Waals surface area contributed by atoms with Crippen molar-refractivity contribution in [1.82, 2.24) is 5.43 Å². The quantitative estimate of drug-likeness (QED) is 0.674. The van der Waals surface area contributed by atoms with Crippen molar-refractivity contribution in [2.75, 3.05) is 6.61 Å². The maximum Gasteiger partial charge on any atom is 0.271 e. The Balaban J connectivity index is 1.91. The van der Waals surface area contributed by atoms with Crippen LogP contribution in [0.5, 0.6) is 5.75 Å². The van der Waals surface area contributed by atoms with E-state index in [9.17, 15) is 4.79 Å². The summed E-state index contributed by atoms with van der Waals surface area (Å²) < 4.78 is 5.35. The molecule has 1 aromatic carbocycles.